The third-order valence-electron chi connectivity index (χ3n) is 3.33. The third kappa shape index (κ3) is 3.08. The maximum absolute atomic E-state index is 12.2. The molecular weight excluding hydrogens is 262 g/mol. The molecule has 0 aromatic carbocycles. The summed E-state index contributed by atoms with van der Waals surface area (Å²) < 4.78 is 10.3. The van der Waals surface area contributed by atoms with E-state index in [2.05, 4.69) is 0 Å². The van der Waals surface area contributed by atoms with Crippen molar-refractivity contribution in [2.45, 2.75) is 13.0 Å². The molecule has 6 heteroatoms. The number of likely N-dealkylation sites (N-methyl/N-ethyl adjacent to an activating group) is 1. The standard InChI is InChI=1S/C14H17NO5/c1-2-15(12-9-19-8-11(12)14(17)18)13(16)6-5-10-4-3-7-20-10/h3-7,11-12H,2,8-9H2,1H3,(H,17,18). The van der Waals surface area contributed by atoms with Gasteiger partial charge in [0.1, 0.15) is 11.7 Å². The number of carboxylic acids is 1. The predicted molar refractivity (Wildman–Crippen MR) is 70.9 cm³/mol. The fraction of sp³-hybridized carbons (Fsp3) is 0.429. The number of amides is 1. The Hall–Kier alpha value is -2.08. The van der Waals surface area contributed by atoms with Gasteiger partial charge in [0, 0.05) is 12.6 Å². The van der Waals surface area contributed by atoms with Gasteiger partial charge in [0.25, 0.3) is 0 Å². The smallest absolute Gasteiger partial charge is 0.311 e. The van der Waals surface area contributed by atoms with Crippen LogP contribution in [0.25, 0.3) is 6.08 Å². The van der Waals surface area contributed by atoms with Gasteiger partial charge in [-0.25, -0.2) is 0 Å². The van der Waals surface area contributed by atoms with Crippen LogP contribution >= 0.6 is 0 Å². The predicted octanol–water partition coefficient (Wildman–Crippen LogP) is 1.24. The van der Waals surface area contributed by atoms with E-state index in [1.165, 1.54) is 17.2 Å². The minimum Gasteiger partial charge on any atom is -0.481 e. The Bertz CT molecular complexity index is 494. The van der Waals surface area contributed by atoms with Crippen molar-refractivity contribution in [1.29, 1.82) is 0 Å². The maximum Gasteiger partial charge on any atom is 0.311 e. The minimum atomic E-state index is -0.936. The highest BCUT2D eigenvalue weighted by atomic mass is 16.5. The minimum absolute atomic E-state index is 0.145. The van der Waals surface area contributed by atoms with Gasteiger partial charge in [-0.05, 0) is 25.1 Å². The lowest BCUT2D eigenvalue weighted by molar-refractivity contribution is -0.144. The zero-order chi connectivity index (χ0) is 14.5. The zero-order valence-electron chi connectivity index (χ0n) is 11.2. The molecule has 0 bridgehead atoms. The van der Waals surface area contributed by atoms with Crippen LogP contribution in [0.1, 0.15) is 12.7 Å². The van der Waals surface area contributed by atoms with Crippen LogP contribution in [0.3, 0.4) is 0 Å². The van der Waals surface area contributed by atoms with Gasteiger partial charge >= 0.3 is 5.97 Å². The zero-order valence-corrected chi connectivity index (χ0v) is 11.2. The van der Waals surface area contributed by atoms with Crippen LogP contribution in [0.2, 0.25) is 0 Å². The second kappa shape index (κ2) is 6.38. The highest BCUT2D eigenvalue weighted by molar-refractivity contribution is 5.92. The molecule has 2 atom stereocenters. The fourth-order valence-electron chi connectivity index (χ4n) is 2.28. The van der Waals surface area contributed by atoms with E-state index in [9.17, 15) is 9.59 Å². The Morgan fingerprint density at radius 2 is 2.30 bits per heavy atom. The maximum atomic E-state index is 12.2. The van der Waals surface area contributed by atoms with Crippen LogP contribution in [0.4, 0.5) is 0 Å². The first-order chi connectivity index (χ1) is 9.63. The number of hydrogen-bond acceptors (Lipinski definition) is 4. The van der Waals surface area contributed by atoms with E-state index in [-0.39, 0.29) is 19.1 Å². The second-order valence-electron chi connectivity index (χ2n) is 4.52. The van der Waals surface area contributed by atoms with Crippen molar-refractivity contribution in [2.24, 2.45) is 5.92 Å². The molecular formula is C14H17NO5. The van der Waals surface area contributed by atoms with Crippen LogP contribution < -0.4 is 0 Å². The van der Waals surface area contributed by atoms with Gasteiger partial charge in [0.05, 0.1) is 25.5 Å². The first-order valence-corrected chi connectivity index (χ1v) is 6.46. The van der Waals surface area contributed by atoms with E-state index in [0.29, 0.717) is 12.3 Å². The van der Waals surface area contributed by atoms with Gasteiger partial charge in [-0.3, -0.25) is 9.59 Å². The van der Waals surface area contributed by atoms with Crippen molar-refractivity contribution in [3.05, 3.63) is 30.2 Å². The molecule has 0 aliphatic carbocycles. The molecule has 1 aromatic heterocycles. The summed E-state index contributed by atoms with van der Waals surface area (Å²) in [5, 5.41) is 9.14. The molecule has 6 nitrogen and oxygen atoms in total. The Morgan fingerprint density at radius 1 is 1.50 bits per heavy atom. The Balaban J connectivity index is 2.07. The summed E-state index contributed by atoms with van der Waals surface area (Å²) in [7, 11) is 0. The normalized spacial score (nSPS) is 22.2. The van der Waals surface area contributed by atoms with Crippen molar-refractivity contribution in [3.8, 4) is 0 Å². The van der Waals surface area contributed by atoms with Crippen molar-refractivity contribution < 1.29 is 23.8 Å². The quantitative estimate of drug-likeness (QED) is 0.820. The van der Waals surface area contributed by atoms with Crippen LogP contribution in [-0.4, -0.2) is 47.7 Å². The molecule has 0 radical (unpaired) electrons. The molecule has 0 spiro atoms. The topological polar surface area (TPSA) is 80.0 Å². The number of hydrogen-bond donors (Lipinski definition) is 1. The van der Waals surface area contributed by atoms with Crippen LogP contribution in [0, 0.1) is 5.92 Å². The van der Waals surface area contributed by atoms with Crippen molar-refractivity contribution in [3.63, 3.8) is 0 Å². The number of carbonyl (C=O) groups excluding carboxylic acids is 1. The van der Waals surface area contributed by atoms with Crippen LogP contribution in [0.5, 0.6) is 0 Å². The molecule has 2 rings (SSSR count). The van der Waals surface area contributed by atoms with E-state index >= 15 is 0 Å². The molecule has 2 heterocycles. The summed E-state index contributed by atoms with van der Waals surface area (Å²) in [5.41, 5.74) is 0. The number of nitrogens with zero attached hydrogens (tertiary/aromatic N) is 1. The SMILES string of the molecule is CCN(C(=O)C=Cc1ccco1)C1COCC1C(=O)O. The lowest BCUT2D eigenvalue weighted by atomic mass is 10.0. The van der Waals surface area contributed by atoms with Crippen molar-refractivity contribution in [1.82, 2.24) is 4.90 Å². The Kier molecular flexibility index (Phi) is 4.57. The highest BCUT2D eigenvalue weighted by Gasteiger charge is 2.38. The molecule has 20 heavy (non-hydrogen) atoms. The van der Waals surface area contributed by atoms with Gasteiger partial charge in [-0.15, -0.1) is 0 Å². The Labute approximate surface area is 116 Å². The molecule has 1 aliphatic rings. The molecule has 1 saturated heterocycles. The summed E-state index contributed by atoms with van der Waals surface area (Å²) in [6.07, 6.45) is 4.48. The molecule has 1 fully saturated rings. The molecule has 1 aliphatic heterocycles. The summed E-state index contributed by atoms with van der Waals surface area (Å²) in [6, 6.07) is 3.04. The lowest BCUT2D eigenvalue weighted by Gasteiger charge is -2.28. The van der Waals surface area contributed by atoms with Crippen molar-refractivity contribution >= 4 is 18.0 Å². The van der Waals surface area contributed by atoms with Gasteiger partial charge < -0.3 is 19.2 Å². The van der Waals surface area contributed by atoms with Crippen LogP contribution in [-0.2, 0) is 14.3 Å². The molecule has 108 valence electrons. The average molecular weight is 279 g/mol. The summed E-state index contributed by atoms with van der Waals surface area (Å²) in [6.45, 7) is 2.64. The number of carbonyl (C=O) groups is 2. The third-order valence-corrected chi connectivity index (χ3v) is 3.33. The average Bonchev–Trinajstić information content (AvgIpc) is 3.08. The number of furan rings is 1. The summed E-state index contributed by atoms with van der Waals surface area (Å²) in [5.74, 6) is -1.28. The number of aliphatic carboxylic acids is 1. The monoisotopic (exact) mass is 279 g/mol. The van der Waals surface area contributed by atoms with Crippen LogP contribution in [0.15, 0.2) is 28.9 Å². The first kappa shape index (κ1) is 14.3. The van der Waals surface area contributed by atoms with E-state index in [4.69, 9.17) is 14.3 Å². The van der Waals surface area contributed by atoms with Gasteiger partial charge in [-0.1, -0.05) is 0 Å². The van der Waals surface area contributed by atoms with Crippen molar-refractivity contribution in [2.75, 3.05) is 19.8 Å². The molecule has 0 saturated carbocycles. The van der Waals surface area contributed by atoms with E-state index < -0.39 is 17.9 Å². The molecule has 1 aromatic rings. The molecule has 2 unspecified atom stereocenters. The first-order valence-electron chi connectivity index (χ1n) is 6.46. The summed E-state index contributed by atoms with van der Waals surface area (Å²) >= 11 is 0. The molecule has 1 amide bonds. The van der Waals surface area contributed by atoms with Gasteiger partial charge in [0.2, 0.25) is 5.91 Å². The van der Waals surface area contributed by atoms with E-state index in [1.807, 2.05) is 6.92 Å². The molecule has 1 N–H and O–H groups in total. The number of carboxylic acid groups (broad SMARTS) is 1. The van der Waals surface area contributed by atoms with E-state index in [0.717, 1.165) is 0 Å². The Morgan fingerprint density at radius 3 is 2.90 bits per heavy atom. The fourth-order valence-corrected chi connectivity index (χ4v) is 2.28. The van der Waals surface area contributed by atoms with Gasteiger partial charge in [0.15, 0.2) is 0 Å². The second-order valence-corrected chi connectivity index (χ2v) is 4.52. The van der Waals surface area contributed by atoms with E-state index in [1.54, 1.807) is 18.2 Å². The van der Waals surface area contributed by atoms with Gasteiger partial charge in [-0.2, -0.15) is 0 Å². The lowest BCUT2D eigenvalue weighted by Crippen LogP contribution is -2.45. The highest BCUT2D eigenvalue weighted by Crippen LogP contribution is 2.20. The number of ether oxygens (including phenoxy) is 1. The largest absolute Gasteiger partial charge is 0.481 e. The summed E-state index contributed by atoms with van der Waals surface area (Å²) in [4.78, 5) is 24.8. The number of rotatable bonds is 5.